The summed E-state index contributed by atoms with van der Waals surface area (Å²) in [5.41, 5.74) is 7.21. The molecule has 1 aliphatic heterocycles. The summed E-state index contributed by atoms with van der Waals surface area (Å²) in [5, 5.41) is 0. The highest BCUT2D eigenvalue weighted by Crippen LogP contribution is 2.25. The van der Waals surface area contributed by atoms with E-state index in [-0.39, 0.29) is 12.1 Å². The number of hydrogen-bond acceptors (Lipinski definition) is 4. The predicted molar refractivity (Wildman–Crippen MR) is 81.0 cm³/mol. The van der Waals surface area contributed by atoms with Gasteiger partial charge in [0.25, 0.3) is 0 Å². The van der Waals surface area contributed by atoms with Crippen LogP contribution in [0.4, 0.5) is 0 Å². The van der Waals surface area contributed by atoms with Crippen molar-refractivity contribution in [3.63, 3.8) is 0 Å². The Balaban J connectivity index is 1.93. The molecule has 1 fully saturated rings. The summed E-state index contributed by atoms with van der Waals surface area (Å²) < 4.78 is 11.7. The zero-order valence-electron chi connectivity index (χ0n) is 12.5. The Morgan fingerprint density at radius 1 is 1.40 bits per heavy atom. The minimum absolute atomic E-state index is 0.0330. The molecule has 1 saturated heterocycles. The van der Waals surface area contributed by atoms with Gasteiger partial charge in [-0.15, -0.1) is 0 Å². The first-order valence-corrected chi connectivity index (χ1v) is 7.55. The van der Waals surface area contributed by atoms with Crippen LogP contribution in [0.3, 0.4) is 0 Å². The molecule has 0 aromatic heterocycles. The van der Waals surface area contributed by atoms with Crippen molar-refractivity contribution in [3.8, 4) is 5.75 Å². The van der Waals surface area contributed by atoms with Gasteiger partial charge < -0.3 is 15.2 Å². The van der Waals surface area contributed by atoms with Gasteiger partial charge in [-0.1, -0.05) is 32.0 Å². The van der Waals surface area contributed by atoms with Gasteiger partial charge in [0, 0.05) is 24.7 Å². The molecule has 112 valence electrons. The molecule has 1 unspecified atom stereocenters. The van der Waals surface area contributed by atoms with Gasteiger partial charge in [-0.25, -0.2) is 0 Å². The number of ether oxygens (including phenoxy) is 2. The molecule has 1 aromatic carbocycles. The number of morpholine rings is 1. The molecule has 4 heteroatoms. The maximum absolute atomic E-state index is 6.13. The van der Waals surface area contributed by atoms with Crippen LogP contribution >= 0.6 is 0 Å². The fourth-order valence-corrected chi connectivity index (χ4v) is 2.49. The molecule has 0 aliphatic carbocycles. The van der Waals surface area contributed by atoms with Crippen molar-refractivity contribution in [1.29, 1.82) is 0 Å². The Morgan fingerprint density at radius 3 is 2.95 bits per heavy atom. The minimum Gasteiger partial charge on any atom is -0.490 e. The summed E-state index contributed by atoms with van der Waals surface area (Å²) in [4.78, 5) is 2.39. The summed E-state index contributed by atoms with van der Waals surface area (Å²) in [6, 6.07) is 8.06. The standard InChI is InChI=1S/C16H26N2O2/c1-3-15(17)14-7-5-6-8-16(14)20-12-13-11-18(4-2)9-10-19-13/h5-8,13,15H,3-4,9-12,17H2,1-2H3/t13?,15-/m1/s1. The van der Waals surface area contributed by atoms with Crippen LogP contribution in [-0.4, -0.2) is 43.9 Å². The lowest BCUT2D eigenvalue weighted by Gasteiger charge is -2.32. The molecule has 2 N–H and O–H groups in total. The second-order valence-corrected chi connectivity index (χ2v) is 5.25. The third-order valence-corrected chi connectivity index (χ3v) is 3.85. The second-order valence-electron chi connectivity index (χ2n) is 5.25. The lowest BCUT2D eigenvalue weighted by molar-refractivity contribution is -0.0465. The van der Waals surface area contributed by atoms with Crippen LogP contribution in [0.2, 0.25) is 0 Å². The van der Waals surface area contributed by atoms with E-state index in [4.69, 9.17) is 15.2 Å². The molecule has 4 nitrogen and oxygen atoms in total. The zero-order chi connectivity index (χ0) is 14.4. The van der Waals surface area contributed by atoms with Gasteiger partial charge in [-0.05, 0) is 19.0 Å². The van der Waals surface area contributed by atoms with Crippen molar-refractivity contribution < 1.29 is 9.47 Å². The SMILES string of the molecule is CC[C@@H](N)c1ccccc1OCC1CN(CC)CCO1. The van der Waals surface area contributed by atoms with Crippen LogP contribution < -0.4 is 10.5 Å². The Morgan fingerprint density at radius 2 is 2.20 bits per heavy atom. The van der Waals surface area contributed by atoms with Gasteiger partial charge >= 0.3 is 0 Å². The third-order valence-electron chi connectivity index (χ3n) is 3.85. The molecule has 20 heavy (non-hydrogen) atoms. The Kier molecular flexibility index (Phi) is 5.83. The molecule has 1 aliphatic rings. The Hall–Kier alpha value is -1.10. The predicted octanol–water partition coefficient (Wildman–Crippen LogP) is 2.20. The monoisotopic (exact) mass is 278 g/mol. The van der Waals surface area contributed by atoms with Crippen LogP contribution in [0.5, 0.6) is 5.75 Å². The fourth-order valence-electron chi connectivity index (χ4n) is 2.49. The molecule has 0 spiro atoms. The highest BCUT2D eigenvalue weighted by molar-refractivity contribution is 5.35. The number of benzene rings is 1. The average molecular weight is 278 g/mol. The molecule has 1 aromatic rings. The summed E-state index contributed by atoms with van der Waals surface area (Å²) >= 11 is 0. The number of hydrogen-bond donors (Lipinski definition) is 1. The van der Waals surface area contributed by atoms with Crippen LogP contribution in [0.15, 0.2) is 24.3 Å². The molecule has 0 saturated carbocycles. The second kappa shape index (κ2) is 7.62. The van der Waals surface area contributed by atoms with Crippen LogP contribution in [0.1, 0.15) is 31.9 Å². The molecule has 0 amide bonds. The van der Waals surface area contributed by atoms with Gasteiger partial charge in [0.1, 0.15) is 18.5 Å². The van der Waals surface area contributed by atoms with Crippen molar-refractivity contribution in [2.45, 2.75) is 32.4 Å². The summed E-state index contributed by atoms with van der Waals surface area (Å²) in [6.45, 7) is 8.67. The summed E-state index contributed by atoms with van der Waals surface area (Å²) in [5.74, 6) is 0.888. The average Bonchev–Trinajstić information content (AvgIpc) is 2.52. The van der Waals surface area contributed by atoms with Crippen molar-refractivity contribution in [2.24, 2.45) is 5.73 Å². The van der Waals surface area contributed by atoms with Crippen molar-refractivity contribution in [2.75, 3.05) is 32.8 Å². The van der Waals surface area contributed by atoms with E-state index in [2.05, 4.69) is 18.7 Å². The molecule has 2 atom stereocenters. The Bertz CT molecular complexity index is 411. The first-order valence-electron chi connectivity index (χ1n) is 7.55. The number of rotatable bonds is 6. The summed E-state index contributed by atoms with van der Waals surface area (Å²) in [6.07, 6.45) is 1.05. The van der Waals surface area contributed by atoms with Crippen LogP contribution in [0.25, 0.3) is 0 Å². The quantitative estimate of drug-likeness (QED) is 0.866. The maximum atomic E-state index is 6.13. The smallest absolute Gasteiger partial charge is 0.124 e. The van der Waals surface area contributed by atoms with E-state index in [1.807, 2.05) is 24.3 Å². The van der Waals surface area contributed by atoms with E-state index in [1.165, 1.54) is 0 Å². The fraction of sp³-hybridized carbons (Fsp3) is 0.625. The molecular formula is C16H26N2O2. The first-order chi connectivity index (χ1) is 9.74. The van der Waals surface area contributed by atoms with E-state index < -0.39 is 0 Å². The number of para-hydroxylation sites is 1. The van der Waals surface area contributed by atoms with Crippen molar-refractivity contribution in [3.05, 3.63) is 29.8 Å². The zero-order valence-corrected chi connectivity index (χ0v) is 12.5. The Labute approximate surface area is 121 Å². The van der Waals surface area contributed by atoms with E-state index in [0.717, 1.165) is 44.0 Å². The highest BCUT2D eigenvalue weighted by Gasteiger charge is 2.20. The largest absolute Gasteiger partial charge is 0.490 e. The van der Waals surface area contributed by atoms with Gasteiger partial charge in [-0.3, -0.25) is 4.90 Å². The molecular weight excluding hydrogens is 252 g/mol. The van der Waals surface area contributed by atoms with Gasteiger partial charge in [0.15, 0.2) is 0 Å². The van der Waals surface area contributed by atoms with E-state index in [1.54, 1.807) is 0 Å². The lowest BCUT2D eigenvalue weighted by atomic mass is 10.0. The van der Waals surface area contributed by atoms with E-state index in [9.17, 15) is 0 Å². The van der Waals surface area contributed by atoms with Crippen molar-refractivity contribution in [1.82, 2.24) is 4.90 Å². The first kappa shape index (κ1) is 15.3. The molecule has 0 radical (unpaired) electrons. The lowest BCUT2D eigenvalue weighted by Crippen LogP contribution is -2.44. The third kappa shape index (κ3) is 3.95. The number of nitrogens with two attached hydrogens (primary N) is 1. The highest BCUT2D eigenvalue weighted by atomic mass is 16.5. The number of likely N-dealkylation sites (N-methyl/N-ethyl adjacent to an activating group) is 1. The van der Waals surface area contributed by atoms with Crippen LogP contribution in [-0.2, 0) is 4.74 Å². The number of nitrogens with zero attached hydrogens (tertiary/aromatic N) is 1. The molecule has 2 rings (SSSR count). The normalized spacial score (nSPS) is 21.6. The van der Waals surface area contributed by atoms with Crippen molar-refractivity contribution >= 4 is 0 Å². The van der Waals surface area contributed by atoms with Gasteiger partial charge in [-0.2, -0.15) is 0 Å². The minimum atomic E-state index is 0.0330. The van der Waals surface area contributed by atoms with Gasteiger partial charge in [0.2, 0.25) is 0 Å². The summed E-state index contributed by atoms with van der Waals surface area (Å²) in [7, 11) is 0. The maximum Gasteiger partial charge on any atom is 0.124 e. The van der Waals surface area contributed by atoms with Gasteiger partial charge in [0.05, 0.1) is 6.61 Å². The van der Waals surface area contributed by atoms with E-state index in [0.29, 0.717) is 6.61 Å². The molecule has 1 heterocycles. The van der Waals surface area contributed by atoms with Crippen LogP contribution in [0, 0.1) is 0 Å². The topological polar surface area (TPSA) is 47.7 Å². The van der Waals surface area contributed by atoms with E-state index >= 15 is 0 Å². The molecule has 0 bridgehead atoms.